The average molecular weight is 227 g/mol. The Morgan fingerprint density at radius 2 is 2.35 bits per heavy atom. The number of fused-ring (bicyclic) bond motifs is 1. The van der Waals surface area contributed by atoms with Crippen molar-refractivity contribution in [3.8, 4) is 0 Å². The monoisotopic (exact) mass is 227 g/mol. The van der Waals surface area contributed by atoms with E-state index in [0.29, 0.717) is 0 Å². The van der Waals surface area contributed by atoms with Crippen molar-refractivity contribution < 1.29 is 0 Å². The maximum Gasteiger partial charge on any atom is 0.112 e. The molecule has 0 unspecified atom stereocenters. The lowest BCUT2D eigenvalue weighted by molar-refractivity contribution is 0.638. The molecule has 17 heavy (non-hydrogen) atoms. The molecular weight excluding hydrogens is 210 g/mol. The lowest BCUT2D eigenvalue weighted by Gasteiger charge is -2.20. The minimum atomic E-state index is 0.937. The standard InChI is InChI=1S/C14H17N3/c1-17-8-7-16-14(17)9-11-3-2-4-12-10-15-6-5-13(11)12/h2-4,7-8,15H,5-6,9-10H2,1H3. The smallest absolute Gasteiger partial charge is 0.112 e. The van der Waals surface area contributed by atoms with Crippen LogP contribution in [0.4, 0.5) is 0 Å². The van der Waals surface area contributed by atoms with E-state index >= 15 is 0 Å². The Kier molecular flexibility index (Phi) is 2.69. The molecular formula is C14H17N3. The Balaban J connectivity index is 1.95. The Morgan fingerprint density at radius 1 is 1.41 bits per heavy atom. The SMILES string of the molecule is Cn1ccnc1Cc1cccc2c1CCNC2. The summed E-state index contributed by atoms with van der Waals surface area (Å²) in [5, 5.41) is 3.42. The third-order valence-corrected chi connectivity index (χ3v) is 3.51. The van der Waals surface area contributed by atoms with Gasteiger partial charge in [-0.2, -0.15) is 0 Å². The lowest BCUT2D eigenvalue weighted by Crippen LogP contribution is -2.24. The molecule has 0 aliphatic carbocycles. The van der Waals surface area contributed by atoms with Crippen LogP contribution >= 0.6 is 0 Å². The van der Waals surface area contributed by atoms with Crippen LogP contribution in [0, 0.1) is 0 Å². The Morgan fingerprint density at radius 3 is 3.18 bits per heavy atom. The van der Waals surface area contributed by atoms with Crippen LogP contribution in [0.1, 0.15) is 22.5 Å². The number of aryl methyl sites for hydroxylation is 1. The molecule has 1 aromatic carbocycles. The highest BCUT2D eigenvalue weighted by molar-refractivity contribution is 5.38. The van der Waals surface area contributed by atoms with Crippen molar-refractivity contribution in [1.29, 1.82) is 0 Å². The summed E-state index contributed by atoms with van der Waals surface area (Å²) in [6.45, 7) is 2.09. The van der Waals surface area contributed by atoms with Crippen LogP contribution in [0.15, 0.2) is 30.6 Å². The van der Waals surface area contributed by atoms with E-state index in [9.17, 15) is 0 Å². The molecule has 3 heteroatoms. The van der Waals surface area contributed by atoms with Crippen LogP contribution in [-0.4, -0.2) is 16.1 Å². The predicted octanol–water partition coefficient (Wildman–Crippen LogP) is 1.66. The molecule has 0 saturated heterocycles. The summed E-state index contributed by atoms with van der Waals surface area (Å²) in [6, 6.07) is 6.62. The number of hydrogen-bond donors (Lipinski definition) is 1. The van der Waals surface area contributed by atoms with E-state index in [1.54, 1.807) is 0 Å². The summed E-state index contributed by atoms with van der Waals surface area (Å²) < 4.78 is 2.10. The molecule has 1 N–H and O–H groups in total. The maximum absolute atomic E-state index is 4.41. The van der Waals surface area contributed by atoms with Crippen molar-refractivity contribution in [3.05, 3.63) is 53.1 Å². The molecule has 1 aliphatic heterocycles. The van der Waals surface area contributed by atoms with Gasteiger partial charge in [0.15, 0.2) is 0 Å². The van der Waals surface area contributed by atoms with Crippen LogP contribution in [0.2, 0.25) is 0 Å². The van der Waals surface area contributed by atoms with Gasteiger partial charge in [-0.1, -0.05) is 18.2 Å². The summed E-state index contributed by atoms with van der Waals surface area (Å²) in [7, 11) is 2.05. The molecule has 3 rings (SSSR count). The molecule has 0 amide bonds. The third-order valence-electron chi connectivity index (χ3n) is 3.51. The first-order chi connectivity index (χ1) is 8.34. The molecule has 0 spiro atoms. The van der Waals surface area contributed by atoms with Gasteiger partial charge >= 0.3 is 0 Å². The fourth-order valence-electron chi connectivity index (χ4n) is 2.51. The van der Waals surface area contributed by atoms with Crippen molar-refractivity contribution >= 4 is 0 Å². The quantitative estimate of drug-likeness (QED) is 0.845. The fraction of sp³-hybridized carbons (Fsp3) is 0.357. The number of aromatic nitrogens is 2. The van der Waals surface area contributed by atoms with Gasteiger partial charge in [0, 0.05) is 32.4 Å². The van der Waals surface area contributed by atoms with Gasteiger partial charge in [-0.05, 0) is 29.7 Å². The van der Waals surface area contributed by atoms with Gasteiger partial charge in [-0.25, -0.2) is 4.98 Å². The van der Waals surface area contributed by atoms with E-state index in [1.165, 1.54) is 16.7 Å². The lowest BCUT2D eigenvalue weighted by atomic mass is 9.94. The second-order valence-corrected chi connectivity index (χ2v) is 4.61. The zero-order valence-corrected chi connectivity index (χ0v) is 10.1. The third kappa shape index (κ3) is 1.98. The van der Waals surface area contributed by atoms with Crippen molar-refractivity contribution in [2.24, 2.45) is 7.05 Å². The van der Waals surface area contributed by atoms with Crippen LogP contribution < -0.4 is 5.32 Å². The van der Waals surface area contributed by atoms with Gasteiger partial charge in [0.25, 0.3) is 0 Å². The van der Waals surface area contributed by atoms with Gasteiger partial charge in [-0.3, -0.25) is 0 Å². The zero-order valence-electron chi connectivity index (χ0n) is 10.1. The van der Waals surface area contributed by atoms with Gasteiger partial charge in [0.05, 0.1) is 0 Å². The predicted molar refractivity (Wildman–Crippen MR) is 67.9 cm³/mol. The van der Waals surface area contributed by atoms with Crippen molar-refractivity contribution in [3.63, 3.8) is 0 Å². The number of benzene rings is 1. The molecule has 1 aromatic heterocycles. The summed E-state index contributed by atoms with van der Waals surface area (Å²) in [5.74, 6) is 1.14. The molecule has 3 nitrogen and oxygen atoms in total. The number of imidazole rings is 1. The van der Waals surface area contributed by atoms with Crippen LogP contribution in [0.5, 0.6) is 0 Å². The summed E-state index contributed by atoms with van der Waals surface area (Å²) in [5.41, 5.74) is 4.40. The first-order valence-corrected chi connectivity index (χ1v) is 6.11. The highest BCUT2D eigenvalue weighted by Crippen LogP contribution is 2.20. The van der Waals surface area contributed by atoms with E-state index in [1.807, 2.05) is 12.4 Å². The molecule has 2 heterocycles. The number of nitrogens with one attached hydrogen (secondary N) is 1. The first-order valence-electron chi connectivity index (χ1n) is 6.11. The first kappa shape index (κ1) is 10.5. The molecule has 0 bridgehead atoms. The van der Waals surface area contributed by atoms with E-state index in [0.717, 1.165) is 31.8 Å². The van der Waals surface area contributed by atoms with Crippen molar-refractivity contribution in [2.45, 2.75) is 19.4 Å². The minimum Gasteiger partial charge on any atom is -0.338 e. The van der Waals surface area contributed by atoms with E-state index in [2.05, 4.69) is 40.1 Å². The molecule has 88 valence electrons. The highest BCUT2D eigenvalue weighted by atomic mass is 15.0. The number of nitrogens with zero attached hydrogens (tertiary/aromatic N) is 2. The summed E-state index contributed by atoms with van der Waals surface area (Å²) in [4.78, 5) is 4.41. The van der Waals surface area contributed by atoms with E-state index in [4.69, 9.17) is 0 Å². The minimum absolute atomic E-state index is 0.937. The summed E-state index contributed by atoms with van der Waals surface area (Å²) >= 11 is 0. The number of rotatable bonds is 2. The van der Waals surface area contributed by atoms with Crippen LogP contribution in [0.3, 0.4) is 0 Å². The molecule has 0 radical (unpaired) electrons. The second kappa shape index (κ2) is 4.34. The molecule has 2 aromatic rings. The van der Waals surface area contributed by atoms with Crippen molar-refractivity contribution in [1.82, 2.24) is 14.9 Å². The van der Waals surface area contributed by atoms with Crippen LogP contribution in [0.25, 0.3) is 0 Å². The van der Waals surface area contributed by atoms with Gasteiger partial charge in [0.2, 0.25) is 0 Å². The average Bonchev–Trinajstić information content (AvgIpc) is 2.76. The maximum atomic E-state index is 4.41. The van der Waals surface area contributed by atoms with Crippen molar-refractivity contribution in [2.75, 3.05) is 6.54 Å². The van der Waals surface area contributed by atoms with Gasteiger partial charge in [0.1, 0.15) is 5.82 Å². The molecule has 0 saturated carbocycles. The molecule has 0 atom stereocenters. The van der Waals surface area contributed by atoms with E-state index in [-0.39, 0.29) is 0 Å². The largest absolute Gasteiger partial charge is 0.338 e. The normalized spacial score (nSPS) is 14.6. The molecule has 1 aliphatic rings. The second-order valence-electron chi connectivity index (χ2n) is 4.61. The van der Waals surface area contributed by atoms with Gasteiger partial charge < -0.3 is 9.88 Å². The molecule has 0 fully saturated rings. The number of hydrogen-bond acceptors (Lipinski definition) is 2. The van der Waals surface area contributed by atoms with Gasteiger partial charge in [-0.15, -0.1) is 0 Å². The Hall–Kier alpha value is -1.61. The Bertz CT molecular complexity index is 528. The van der Waals surface area contributed by atoms with E-state index < -0.39 is 0 Å². The topological polar surface area (TPSA) is 29.9 Å². The van der Waals surface area contributed by atoms with Crippen LogP contribution in [-0.2, 0) is 26.4 Å². The highest BCUT2D eigenvalue weighted by Gasteiger charge is 2.13. The summed E-state index contributed by atoms with van der Waals surface area (Å²) in [6.07, 6.45) is 5.95. The zero-order chi connectivity index (χ0) is 11.7. The Labute approximate surface area is 101 Å². The fourth-order valence-corrected chi connectivity index (χ4v) is 2.51.